The second-order valence-corrected chi connectivity index (χ2v) is 6.87. The Morgan fingerprint density at radius 1 is 1.37 bits per heavy atom. The van der Waals surface area contributed by atoms with Crippen LogP contribution in [0.4, 0.5) is 0 Å². The molecular formula is C13H9Br2NO2S. The number of benzene rings is 1. The highest BCUT2D eigenvalue weighted by atomic mass is 79.9. The van der Waals surface area contributed by atoms with Crippen molar-refractivity contribution in [1.29, 1.82) is 0 Å². The Labute approximate surface area is 130 Å². The van der Waals surface area contributed by atoms with Crippen molar-refractivity contribution in [3.63, 3.8) is 0 Å². The van der Waals surface area contributed by atoms with Gasteiger partial charge in [0.05, 0.1) is 10.3 Å². The van der Waals surface area contributed by atoms with E-state index in [4.69, 9.17) is 4.42 Å². The first-order chi connectivity index (χ1) is 9.08. The lowest BCUT2D eigenvalue weighted by atomic mass is 10.1. The highest BCUT2D eigenvalue weighted by Crippen LogP contribution is 2.39. The molecule has 0 N–H and O–H groups in total. The number of fused-ring (bicyclic) bond motifs is 1. The molecule has 0 aliphatic heterocycles. The average Bonchev–Trinajstić information content (AvgIpc) is 2.93. The molecule has 3 rings (SSSR count). The summed E-state index contributed by atoms with van der Waals surface area (Å²) >= 11 is 8.90. The van der Waals surface area contributed by atoms with Gasteiger partial charge < -0.3 is 4.42 Å². The van der Waals surface area contributed by atoms with E-state index in [2.05, 4.69) is 31.9 Å². The number of aryl methyl sites for hydroxylation is 1. The summed E-state index contributed by atoms with van der Waals surface area (Å²) in [5.74, 6) is -0.337. The molecule has 3 aromatic rings. The molecule has 1 aromatic carbocycles. The molecule has 1 atom stereocenters. The fraction of sp³-hybridized carbons (Fsp3) is 0.154. The van der Waals surface area contributed by atoms with E-state index in [9.17, 15) is 4.79 Å². The third kappa shape index (κ3) is 2.22. The molecule has 98 valence electrons. The van der Waals surface area contributed by atoms with E-state index < -0.39 is 0 Å². The topological polar surface area (TPSA) is 35.1 Å². The quantitative estimate of drug-likeness (QED) is 0.594. The summed E-state index contributed by atoms with van der Waals surface area (Å²) in [5.41, 5.74) is 2.48. The summed E-state index contributed by atoms with van der Waals surface area (Å²) in [6.45, 7) is 0. The Morgan fingerprint density at radius 3 is 2.84 bits per heavy atom. The van der Waals surface area contributed by atoms with Crippen molar-refractivity contribution in [1.82, 2.24) is 4.57 Å². The van der Waals surface area contributed by atoms with Gasteiger partial charge in [-0.25, -0.2) is 4.79 Å². The first kappa shape index (κ1) is 13.1. The number of nitrogens with zero attached hydrogens (tertiary/aromatic N) is 1. The van der Waals surface area contributed by atoms with Crippen LogP contribution in [0.2, 0.25) is 0 Å². The summed E-state index contributed by atoms with van der Waals surface area (Å²) in [7, 11) is 1.70. The van der Waals surface area contributed by atoms with E-state index in [1.165, 1.54) is 9.44 Å². The summed E-state index contributed by atoms with van der Waals surface area (Å²) in [6.07, 6.45) is 0. The van der Waals surface area contributed by atoms with Gasteiger partial charge in [-0.2, -0.15) is 0 Å². The zero-order chi connectivity index (χ0) is 13.6. The number of halogens is 2. The highest BCUT2D eigenvalue weighted by Gasteiger charge is 2.16. The number of alkyl halides is 1. The van der Waals surface area contributed by atoms with Gasteiger partial charge in [0.2, 0.25) is 0 Å². The summed E-state index contributed by atoms with van der Waals surface area (Å²) in [4.78, 5) is 12.8. The second kappa shape index (κ2) is 4.92. The van der Waals surface area contributed by atoms with Crippen molar-refractivity contribution in [2.75, 3.05) is 0 Å². The third-order valence-corrected chi connectivity index (χ3v) is 6.21. The highest BCUT2D eigenvalue weighted by molar-refractivity contribution is 9.11. The monoisotopic (exact) mass is 401 g/mol. The lowest BCUT2D eigenvalue weighted by molar-refractivity contribution is 0.528. The molecule has 0 aliphatic carbocycles. The molecular weight excluding hydrogens is 394 g/mol. The first-order valence-corrected chi connectivity index (χ1v) is 8.13. The van der Waals surface area contributed by atoms with Crippen LogP contribution in [-0.4, -0.2) is 4.57 Å². The number of hydrogen-bond donors (Lipinski definition) is 0. The number of oxazole rings is 1. The molecule has 0 radical (unpaired) electrons. The molecule has 0 amide bonds. The molecule has 0 spiro atoms. The van der Waals surface area contributed by atoms with Crippen molar-refractivity contribution in [3.8, 4) is 0 Å². The summed E-state index contributed by atoms with van der Waals surface area (Å²) in [5, 5.41) is 2.04. The van der Waals surface area contributed by atoms with Gasteiger partial charge in [0.25, 0.3) is 0 Å². The van der Waals surface area contributed by atoms with E-state index in [0.29, 0.717) is 5.58 Å². The van der Waals surface area contributed by atoms with Crippen LogP contribution in [-0.2, 0) is 7.05 Å². The Hall–Kier alpha value is -0.850. The van der Waals surface area contributed by atoms with E-state index >= 15 is 0 Å². The van der Waals surface area contributed by atoms with Crippen LogP contribution in [0.3, 0.4) is 0 Å². The number of aromatic nitrogens is 1. The van der Waals surface area contributed by atoms with Crippen molar-refractivity contribution in [2.24, 2.45) is 7.05 Å². The van der Waals surface area contributed by atoms with Crippen LogP contribution in [0, 0.1) is 0 Å². The van der Waals surface area contributed by atoms with Crippen molar-refractivity contribution in [2.45, 2.75) is 4.83 Å². The molecule has 1 unspecified atom stereocenters. The first-order valence-electron chi connectivity index (χ1n) is 5.54. The smallest absolute Gasteiger partial charge is 0.408 e. The maximum absolute atomic E-state index is 11.5. The van der Waals surface area contributed by atoms with E-state index in [1.807, 2.05) is 29.6 Å². The minimum Gasteiger partial charge on any atom is -0.408 e. The van der Waals surface area contributed by atoms with Gasteiger partial charge in [0.15, 0.2) is 5.58 Å². The largest absolute Gasteiger partial charge is 0.419 e. The lowest BCUT2D eigenvalue weighted by Gasteiger charge is -2.09. The predicted octanol–water partition coefficient (Wildman–Crippen LogP) is 4.44. The van der Waals surface area contributed by atoms with Crippen molar-refractivity contribution < 1.29 is 4.42 Å². The average molecular weight is 403 g/mol. The molecule has 2 heterocycles. The van der Waals surface area contributed by atoms with E-state index in [0.717, 1.165) is 15.6 Å². The second-order valence-electron chi connectivity index (χ2n) is 4.15. The normalized spacial score (nSPS) is 13.0. The minimum absolute atomic E-state index is 0.0804. The number of rotatable bonds is 2. The van der Waals surface area contributed by atoms with Crippen LogP contribution < -0.4 is 5.76 Å². The molecule has 3 nitrogen and oxygen atoms in total. The Balaban J connectivity index is 2.11. The minimum atomic E-state index is -0.337. The molecule has 0 saturated heterocycles. The lowest BCUT2D eigenvalue weighted by Crippen LogP contribution is -2.08. The van der Waals surface area contributed by atoms with Gasteiger partial charge in [-0.3, -0.25) is 4.57 Å². The molecule has 0 saturated carbocycles. The van der Waals surface area contributed by atoms with Gasteiger partial charge in [-0.15, -0.1) is 11.3 Å². The fourth-order valence-electron chi connectivity index (χ4n) is 1.95. The fourth-order valence-corrected chi connectivity index (χ4v) is 4.71. The van der Waals surface area contributed by atoms with E-state index in [-0.39, 0.29) is 10.6 Å². The molecule has 19 heavy (non-hydrogen) atoms. The van der Waals surface area contributed by atoms with Gasteiger partial charge in [-0.1, -0.05) is 22.0 Å². The van der Waals surface area contributed by atoms with Gasteiger partial charge in [0, 0.05) is 16.4 Å². The molecule has 0 bridgehead atoms. The summed E-state index contributed by atoms with van der Waals surface area (Å²) in [6, 6.07) is 7.84. The van der Waals surface area contributed by atoms with E-state index in [1.54, 1.807) is 18.4 Å². The maximum atomic E-state index is 11.5. The molecule has 2 aromatic heterocycles. The summed E-state index contributed by atoms with van der Waals surface area (Å²) < 4.78 is 7.80. The zero-order valence-electron chi connectivity index (χ0n) is 9.89. The number of hydrogen-bond acceptors (Lipinski definition) is 3. The zero-order valence-corrected chi connectivity index (χ0v) is 13.9. The van der Waals surface area contributed by atoms with Crippen molar-refractivity contribution >= 4 is 54.3 Å². The maximum Gasteiger partial charge on any atom is 0.419 e. The van der Waals surface area contributed by atoms with Crippen LogP contribution in [0.15, 0.2) is 43.3 Å². The van der Waals surface area contributed by atoms with Gasteiger partial charge in [-0.05, 0) is 45.1 Å². The third-order valence-electron chi connectivity index (χ3n) is 2.98. The Morgan fingerprint density at radius 2 is 2.16 bits per heavy atom. The van der Waals surface area contributed by atoms with Crippen LogP contribution >= 0.6 is 43.2 Å². The SMILES string of the molecule is Cn1c(=O)oc2cc(C(Br)c3sccc3Br)ccc21. The van der Waals surface area contributed by atoms with Crippen LogP contribution in [0.25, 0.3) is 11.1 Å². The van der Waals surface area contributed by atoms with Crippen LogP contribution in [0.1, 0.15) is 15.3 Å². The molecule has 6 heteroatoms. The van der Waals surface area contributed by atoms with Gasteiger partial charge >= 0.3 is 5.76 Å². The van der Waals surface area contributed by atoms with Gasteiger partial charge in [0.1, 0.15) is 0 Å². The van der Waals surface area contributed by atoms with Crippen molar-refractivity contribution in [3.05, 3.63) is 55.1 Å². The molecule has 0 fully saturated rings. The Kier molecular flexibility index (Phi) is 3.41. The Bertz CT molecular complexity index is 802. The number of thiophene rings is 1. The molecule has 0 aliphatic rings. The standard InChI is InChI=1S/C13H9Br2NO2S/c1-16-9-3-2-7(6-10(9)18-13(16)17)11(15)12-8(14)4-5-19-12/h2-6,11H,1H3. The predicted molar refractivity (Wildman–Crippen MR) is 84.2 cm³/mol. The van der Waals surface area contributed by atoms with Crippen LogP contribution in [0.5, 0.6) is 0 Å².